The molecular weight excluding hydrogens is 285 g/mol. The van der Waals surface area contributed by atoms with Crippen LogP contribution in [0.15, 0.2) is 6.07 Å². The molecule has 0 amide bonds. The van der Waals surface area contributed by atoms with E-state index in [9.17, 15) is 13.2 Å². The SMILES string of the molecule is CCNc1cc(OCCN(C)C2CC2)nc(C(F)(F)F)n1. The van der Waals surface area contributed by atoms with Gasteiger partial charge in [0.15, 0.2) is 0 Å². The highest BCUT2D eigenvalue weighted by molar-refractivity contribution is 5.38. The van der Waals surface area contributed by atoms with Gasteiger partial charge in [-0.05, 0) is 26.8 Å². The Bertz CT molecular complexity index is 477. The normalized spacial score (nSPS) is 15.3. The van der Waals surface area contributed by atoms with Crippen molar-refractivity contribution in [3.8, 4) is 5.88 Å². The van der Waals surface area contributed by atoms with Crippen LogP contribution < -0.4 is 10.1 Å². The molecule has 0 aromatic carbocycles. The van der Waals surface area contributed by atoms with Gasteiger partial charge in [-0.25, -0.2) is 4.98 Å². The van der Waals surface area contributed by atoms with Gasteiger partial charge in [0, 0.05) is 25.2 Å². The quantitative estimate of drug-likeness (QED) is 0.838. The summed E-state index contributed by atoms with van der Waals surface area (Å²) in [4.78, 5) is 9.00. The third-order valence-electron chi connectivity index (χ3n) is 3.18. The van der Waals surface area contributed by atoms with E-state index < -0.39 is 12.0 Å². The van der Waals surface area contributed by atoms with Crippen LogP contribution in [0.25, 0.3) is 0 Å². The maximum Gasteiger partial charge on any atom is 0.451 e. The molecule has 21 heavy (non-hydrogen) atoms. The van der Waals surface area contributed by atoms with E-state index in [-0.39, 0.29) is 11.7 Å². The summed E-state index contributed by atoms with van der Waals surface area (Å²) < 4.78 is 43.6. The van der Waals surface area contributed by atoms with Crippen LogP contribution in [0.4, 0.5) is 19.0 Å². The van der Waals surface area contributed by atoms with Crippen molar-refractivity contribution in [2.24, 2.45) is 0 Å². The van der Waals surface area contributed by atoms with Crippen molar-refractivity contribution >= 4 is 5.82 Å². The lowest BCUT2D eigenvalue weighted by molar-refractivity contribution is -0.145. The number of hydrogen-bond donors (Lipinski definition) is 1. The average molecular weight is 304 g/mol. The van der Waals surface area contributed by atoms with E-state index in [0.717, 1.165) is 0 Å². The van der Waals surface area contributed by atoms with Crippen LogP contribution in [0.2, 0.25) is 0 Å². The molecule has 0 unspecified atom stereocenters. The summed E-state index contributed by atoms with van der Waals surface area (Å²) in [6.07, 6.45) is -2.24. The number of anilines is 1. The summed E-state index contributed by atoms with van der Waals surface area (Å²) in [6, 6.07) is 1.97. The number of alkyl halides is 3. The smallest absolute Gasteiger partial charge is 0.451 e. The number of aromatic nitrogens is 2. The lowest BCUT2D eigenvalue weighted by Gasteiger charge is -2.16. The second kappa shape index (κ2) is 6.46. The number of nitrogens with one attached hydrogen (secondary N) is 1. The molecule has 1 aromatic heterocycles. The number of likely N-dealkylation sites (N-methyl/N-ethyl adjacent to an activating group) is 1. The van der Waals surface area contributed by atoms with Crippen LogP contribution in [-0.2, 0) is 6.18 Å². The van der Waals surface area contributed by atoms with Gasteiger partial charge >= 0.3 is 6.18 Å². The third kappa shape index (κ3) is 4.73. The largest absolute Gasteiger partial charge is 0.476 e. The van der Waals surface area contributed by atoms with E-state index in [1.165, 1.54) is 18.9 Å². The van der Waals surface area contributed by atoms with Gasteiger partial charge in [0.25, 0.3) is 0 Å². The fraction of sp³-hybridized carbons (Fsp3) is 0.692. The summed E-state index contributed by atoms with van der Waals surface area (Å²) in [7, 11) is 1.98. The van der Waals surface area contributed by atoms with Crippen molar-refractivity contribution in [2.45, 2.75) is 32.0 Å². The van der Waals surface area contributed by atoms with Crippen molar-refractivity contribution in [3.63, 3.8) is 0 Å². The van der Waals surface area contributed by atoms with Crippen LogP contribution in [0, 0.1) is 0 Å². The Hall–Kier alpha value is -1.57. The first-order chi connectivity index (χ1) is 9.90. The molecule has 118 valence electrons. The van der Waals surface area contributed by atoms with E-state index in [1.54, 1.807) is 6.92 Å². The first kappa shape index (κ1) is 15.8. The van der Waals surface area contributed by atoms with Gasteiger partial charge in [0.05, 0.1) is 0 Å². The lowest BCUT2D eigenvalue weighted by Crippen LogP contribution is -2.26. The second-order valence-corrected chi connectivity index (χ2v) is 5.00. The molecule has 0 radical (unpaired) electrons. The number of halogens is 3. The van der Waals surface area contributed by atoms with Crippen molar-refractivity contribution in [3.05, 3.63) is 11.9 Å². The Morgan fingerprint density at radius 1 is 1.38 bits per heavy atom. The molecule has 5 nitrogen and oxygen atoms in total. The molecule has 1 N–H and O–H groups in total. The summed E-state index contributed by atoms with van der Waals surface area (Å²) in [5, 5.41) is 2.75. The fourth-order valence-electron chi connectivity index (χ4n) is 1.89. The maximum atomic E-state index is 12.7. The van der Waals surface area contributed by atoms with E-state index in [1.807, 2.05) is 7.05 Å². The summed E-state index contributed by atoms with van der Waals surface area (Å²) in [5.41, 5.74) is 0. The van der Waals surface area contributed by atoms with E-state index in [2.05, 4.69) is 20.2 Å². The number of rotatable bonds is 7. The highest BCUT2D eigenvalue weighted by atomic mass is 19.4. The zero-order chi connectivity index (χ0) is 15.5. The monoisotopic (exact) mass is 304 g/mol. The maximum absolute atomic E-state index is 12.7. The minimum absolute atomic E-state index is 0.0579. The Balaban J connectivity index is 2.00. The van der Waals surface area contributed by atoms with Gasteiger partial charge < -0.3 is 15.0 Å². The summed E-state index contributed by atoms with van der Waals surface area (Å²) >= 11 is 0. The number of hydrogen-bond acceptors (Lipinski definition) is 5. The zero-order valence-electron chi connectivity index (χ0n) is 12.1. The van der Waals surface area contributed by atoms with Crippen molar-refractivity contribution < 1.29 is 17.9 Å². The Morgan fingerprint density at radius 3 is 2.67 bits per heavy atom. The molecule has 0 bridgehead atoms. The predicted molar refractivity (Wildman–Crippen MR) is 72.3 cm³/mol. The average Bonchev–Trinajstić information content (AvgIpc) is 3.22. The first-order valence-corrected chi connectivity index (χ1v) is 6.93. The Labute approximate surface area is 121 Å². The predicted octanol–water partition coefficient (Wildman–Crippen LogP) is 2.40. The number of ether oxygens (including phenoxy) is 1. The van der Waals surface area contributed by atoms with E-state index in [0.29, 0.717) is 25.7 Å². The van der Waals surface area contributed by atoms with Crippen LogP contribution in [-0.4, -0.2) is 47.7 Å². The number of nitrogens with zero attached hydrogens (tertiary/aromatic N) is 3. The Morgan fingerprint density at radius 2 is 2.10 bits per heavy atom. The molecule has 1 saturated carbocycles. The van der Waals surface area contributed by atoms with Gasteiger partial charge in [0.2, 0.25) is 11.7 Å². The third-order valence-corrected chi connectivity index (χ3v) is 3.18. The van der Waals surface area contributed by atoms with Gasteiger partial charge in [-0.1, -0.05) is 0 Å². The summed E-state index contributed by atoms with van der Waals surface area (Å²) in [6.45, 7) is 3.21. The van der Waals surface area contributed by atoms with Crippen LogP contribution >= 0.6 is 0 Å². The highest BCUT2D eigenvalue weighted by Crippen LogP contribution is 2.29. The molecule has 1 heterocycles. The molecule has 1 aromatic rings. The van der Waals surface area contributed by atoms with Crippen LogP contribution in [0.3, 0.4) is 0 Å². The molecule has 1 aliphatic rings. The zero-order valence-corrected chi connectivity index (χ0v) is 12.1. The highest BCUT2D eigenvalue weighted by Gasteiger charge is 2.35. The van der Waals surface area contributed by atoms with Crippen molar-refractivity contribution in [1.29, 1.82) is 0 Å². The molecule has 1 aliphatic carbocycles. The van der Waals surface area contributed by atoms with Crippen molar-refractivity contribution in [1.82, 2.24) is 14.9 Å². The molecule has 0 aliphatic heterocycles. The summed E-state index contributed by atoms with van der Waals surface area (Å²) in [5.74, 6) is -1.13. The molecule has 2 rings (SSSR count). The molecule has 1 fully saturated rings. The minimum Gasteiger partial charge on any atom is -0.476 e. The Kier molecular flexibility index (Phi) is 4.87. The fourth-order valence-corrected chi connectivity index (χ4v) is 1.89. The van der Waals surface area contributed by atoms with E-state index in [4.69, 9.17) is 4.74 Å². The molecule has 0 spiro atoms. The standard InChI is InChI=1S/C13H19F3N4O/c1-3-17-10-8-11(19-12(18-10)13(14,15)16)21-7-6-20(2)9-4-5-9/h8-9H,3-7H2,1-2H3,(H,17,18,19). The van der Waals surface area contributed by atoms with Gasteiger partial charge in [0.1, 0.15) is 12.4 Å². The van der Waals surface area contributed by atoms with Crippen LogP contribution in [0.1, 0.15) is 25.6 Å². The van der Waals surface area contributed by atoms with Gasteiger partial charge in [-0.3, -0.25) is 0 Å². The molecule has 8 heteroatoms. The lowest BCUT2D eigenvalue weighted by atomic mass is 10.4. The first-order valence-electron chi connectivity index (χ1n) is 6.93. The van der Waals surface area contributed by atoms with E-state index >= 15 is 0 Å². The van der Waals surface area contributed by atoms with Crippen LogP contribution in [0.5, 0.6) is 5.88 Å². The minimum atomic E-state index is -4.59. The van der Waals surface area contributed by atoms with Crippen molar-refractivity contribution in [2.75, 3.05) is 32.1 Å². The second-order valence-electron chi connectivity index (χ2n) is 5.00. The van der Waals surface area contributed by atoms with Gasteiger partial charge in [-0.15, -0.1) is 0 Å². The van der Waals surface area contributed by atoms with Gasteiger partial charge in [-0.2, -0.15) is 18.2 Å². The topological polar surface area (TPSA) is 50.3 Å². The molecular formula is C13H19F3N4O. The molecule has 0 saturated heterocycles. The molecule has 0 atom stereocenters.